The molecule has 0 amide bonds. The Balaban J connectivity index is 1.91. The summed E-state index contributed by atoms with van der Waals surface area (Å²) in [6.45, 7) is 2.00. The molecule has 1 atom stereocenters. The Morgan fingerprint density at radius 3 is 2.86 bits per heavy atom. The highest BCUT2D eigenvalue weighted by Gasteiger charge is 2.40. The molecule has 0 fully saturated rings. The van der Waals surface area contributed by atoms with E-state index in [4.69, 9.17) is 14.5 Å². The lowest BCUT2D eigenvalue weighted by Gasteiger charge is -2.27. The molecule has 0 spiro atoms. The first kappa shape index (κ1) is 17.6. The fraction of sp³-hybridized carbons (Fsp3) is 0.273. The number of esters is 2. The van der Waals surface area contributed by atoms with E-state index in [2.05, 4.69) is 0 Å². The minimum atomic E-state index is -0.684. The highest BCUT2D eigenvalue weighted by molar-refractivity contribution is 6.01. The number of hydrogen-bond donors (Lipinski definition) is 0. The number of rotatable bonds is 2. The van der Waals surface area contributed by atoms with Gasteiger partial charge in [0.25, 0.3) is 5.56 Å². The van der Waals surface area contributed by atoms with Gasteiger partial charge in [0.05, 0.1) is 47.6 Å². The van der Waals surface area contributed by atoms with E-state index in [9.17, 15) is 14.4 Å². The van der Waals surface area contributed by atoms with E-state index in [0.29, 0.717) is 35.5 Å². The molecule has 4 heterocycles. The van der Waals surface area contributed by atoms with Crippen LogP contribution in [0.4, 0.5) is 0 Å². The average molecular weight is 390 g/mol. The van der Waals surface area contributed by atoms with E-state index in [-0.39, 0.29) is 17.7 Å². The van der Waals surface area contributed by atoms with Crippen LogP contribution < -0.4 is 5.56 Å². The highest BCUT2D eigenvalue weighted by Crippen LogP contribution is 2.40. The Kier molecular flexibility index (Phi) is 3.81. The first-order chi connectivity index (χ1) is 14.0. The summed E-state index contributed by atoms with van der Waals surface area (Å²) in [4.78, 5) is 43.3. The van der Waals surface area contributed by atoms with Crippen LogP contribution in [0.15, 0.2) is 35.1 Å². The molecule has 0 saturated heterocycles. The van der Waals surface area contributed by atoms with Gasteiger partial charge in [-0.15, -0.1) is 0 Å². The standard InChI is InChI=1S/C22H18N2O5/c1-3-13-16-14(10-29-21(13)26)20(25)24-9-12-8-11-6-4-5-7-15(11)23-18(12)19(24)17(16)22(27)28-2/h4-8,13H,3,9-10H2,1-2H3/t13-/m1/s1. The fourth-order valence-corrected chi connectivity index (χ4v) is 4.41. The van der Waals surface area contributed by atoms with Crippen molar-refractivity contribution in [1.82, 2.24) is 9.55 Å². The van der Waals surface area contributed by atoms with Crippen molar-refractivity contribution in [2.45, 2.75) is 32.4 Å². The van der Waals surface area contributed by atoms with Crippen molar-refractivity contribution in [3.05, 3.63) is 62.9 Å². The molecule has 0 radical (unpaired) electrons. The molecule has 2 aromatic heterocycles. The van der Waals surface area contributed by atoms with Gasteiger partial charge in [-0.2, -0.15) is 0 Å². The number of para-hydroxylation sites is 1. The molecule has 7 nitrogen and oxygen atoms in total. The number of methoxy groups -OCH3 is 1. The van der Waals surface area contributed by atoms with Gasteiger partial charge in [0, 0.05) is 10.9 Å². The zero-order valence-corrected chi connectivity index (χ0v) is 16.0. The molecule has 2 aliphatic heterocycles. The van der Waals surface area contributed by atoms with Crippen LogP contribution in [0.3, 0.4) is 0 Å². The summed E-state index contributed by atoms with van der Waals surface area (Å²) in [5, 5.41) is 0.960. The Labute approximate surface area is 165 Å². The van der Waals surface area contributed by atoms with Crippen LogP contribution in [0.2, 0.25) is 0 Å². The average Bonchev–Trinajstić information content (AvgIpc) is 3.10. The quantitative estimate of drug-likeness (QED) is 0.489. The lowest BCUT2D eigenvalue weighted by Crippen LogP contribution is -2.35. The summed E-state index contributed by atoms with van der Waals surface area (Å²) in [6, 6.07) is 9.65. The zero-order chi connectivity index (χ0) is 20.3. The van der Waals surface area contributed by atoms with Gasteiger partial charge in [-0.05, 0) is 24.1 Å². The second-order valence-corrected chi connectivity index (χ2v) is 7.26. The van der Waals surface area contributed by atoms with Gasteiger partial charge in [0.15, 0.2) is 0 Å². The first-order valence-electron chi connectivity index (χ1n) is 9.48. The monoisotopic (exact) mass is 390 g/mol. The number of aromatic nitrogens is 2. The Bertz CT molecular complexity index is 1270. The summed E-state index contributed by atoms with van der Waals surface area (Å²) < 4.78 is 11.8. The minimum Gasteiger partial charge on any atom is -0.465 e. The first-order valence-corrected chi connectivity index (χ1v) is 9.48. The summed E-state index contributed by atoms with van der Waals surface area (Å²) in [7, 11) is 1.29. The number of carbonyl (C=O) groups is 2. The maximum atomic E-state index is 13.3. The lowest BCUT2D eigenvalue weighted by atomic mass is 9.86. The van der Waals surface area contributed by atoms with Crippen LogP contribution in [0.5, 0.6) is 0 Å². The third kappa shape index (κ3) is 2.36. The third-order valence-corrected chi connectivity index (χ3v) is 5.75. The van der Waals surface area contributed by atoms with Crippen molar-refractivity contribution >= 4 is 22.8 Å². The largest absolute Gasteiger partial charge is 0.465 e. The van der Waals surface area contributed by atoms with E-state index in [0.717, 1.165) is 16.5 Å². The SMILES string of the molecule is CC[C@H]1C(=O)OCc2c1c(C(=O)OC)c1n(c2=O)Cc2cc3ccccc3nc2-1. The van der Waals surface area contributed by atoms with Crippen molar-refractivity contribution in [2.75, 3.05) is 7.11 Å². The van der Waals surface area contributed by atoms with Crippen LogP contribution in [-0.2, 0) is 27.4 Å². The summed E-state index contributed by atoms with van der Waals surface area (Å²) >= 11 is 0. The number of benzene rings is 1. The normalized spacial score (nSPS) is 16.8. The Hall–Kier alpha value is -3.48. The van der Waals surface area contributed by atoms with Gasteiger partial charge in [0.1, 0.15) is 6.61 Å². The lowest BCUT2D eigenvalue weighted by molar-refractivity contribution is -0.148. The number of pyridine rings is 2. The van der Waals surface area contributed by atoms with E-state index < -0.39 is 17.9 Å². The molecule has 0 aliphatic carbocycles. The van der Waals surface area contributed by atoms with Gasteiger partial charge < -0.3 is 14.0 Å². The van der Waals surface area contributed by atoms with Crippen LogP contribution in [-0.4, -0.2) is 28.6 Å². The van der Waals surface area contributed by atoms with Gasteiger partial charge in [-0.3, -0.25) is 9.59 Å². The van der Waals surface area contributed by atoms with Crippen molar-refractivity contribution in [2.24, 2.45) is 0 Å². The predicted molar refractivity (Wildman–Crippen MR) is 105 cm³/mol. The highest BCUT2D eigenvalue weighted by atomic mass is 16.5. The van der Waals surface area contributed by atoms with Crippen LogP contribution in [0, 0.1) is 0 Å². The van der Waals surface area contributed by atoms with Crippen LogP contribution >= 0.6 is 0 Å². The summed E-state index contributed by atoms with van der Waals surface area (Å²) in [5.74, 6) is -1.70. The smallest absolute Gasteiger partial charge is 0.340 e. The number of cyclic esters (lactones) is 1. The van der Waals surface area contributed by atoms with Crippen LogP contribution in [0.1, 0.15) is 46.3 Å². The van der Waals surface area contributed by atoms with Crippen molar-refractivity contribution < 1.29 is 19.1 Å². The topological polar surface area (TPSA) is 87.5 Å². The molecule has 0 bridgehead atoms. The Morgan fingerprint density at radius 2 is 2.10 bits per heavy atom. The molecule has 3 aromatic rings. The number of hydrogen-bond acceptors (Lipinski definition) is 6. The molecule has 0 saturated carbocycles. The van der Waals surface area contributed by atoms with Gasteiger partial charge in [-0.1, -0.05) is 25.1 Å². The van der Waals surface area contributed by atoms with Crippen molar-refractivity contribution in [1.29, 1.82) is 0 Å². The van der Waals surface area contributed by atoms with E-state index in [1.807, 2.05) is 37.3 Å². The molecule has 146 valence electrons. The third-order valence-electron chi connectivity index (χ3n) is 5.75. The molecule has 5 rings (SSSR count). The molecule has 0 N–H and O–H groups in total. The molecular weight excluding hydrogens is 372 g/mol. The van der Waals surface area contributed by atoms with Crippen molar-refractivity contribution in [3.8, 4) is 11.4 Å². The van der Waals surface area contributed by atoms with Gasteiger partial charge >= 0.3 is 11.9 Å². The zero-order valence-electron chi connectivity index (χ0n) is 16.0. The molecular formula is C22H18N2O5. The van der Waals surface area contributed by atoms with E-state index in [1.165, 1.54) is 7.11 Å². The Morgan fingerprint density at radius 1 is 1.31 bits per heavy atom. The number of carbonyl (C=O) groups excluding carboxylic acids is 2. The number of ether oxygens (including phenoxy) is 2. The van der Waals surface area contributed by atoms with Gasteiger partial charge in [-0.25, -0.2) is 9.78 Å². The minimum absolute atomic E-state index is 0.139. The maximum Gasteiger partial charge on any atom is 0.340 e. The van der Waals surface area contributed by atoms with Gasteiger partial charge in [0.2, 0.25) is 0 Å². The molecule has 0 unspecified atom stereocenters. The number of fused-ring (bicyclic) bond motifs is 5. The second kappa shape index (κ2) is 6.27. The molecule has 1 aromatic carbocycles. The van der Waals surface area contributed by atoms with E-state index in [1.54, 1.807) is 4.57 Å². The predicted octanol–water partition coefficient (Wildman–Crippen LogP) is 2.76. The summed E-state index contributed by atoms with van der Waals surface area (Å²) in [6.07, 6.45) is 0.413. The second-order valence-electron chi connectivity index (χ2n) is 7.26. The maximum absolute atomic E-state index is 13.3. The molecule has 29 heavy (non-hydrogen) atoms. The summed E-state index contributed by atoms with van der Waals surface area (Å²) in [5.41, 5.74) is 3.39. The molecule has 7 heteroatoms. The van der Waals surface area contributed by atoms with E-state index >= 15 is 0 Å². The molecule has 2 aliphatic rings. The van der Waals surface area contributed by atoms with Crippen LogP contribution in [0.25, 0.3) is 22.3 Å². The fourth-order valence-electron chi connectivity index (χ4n) is 4.41. The van der Waals surface area contributed by atoms with Crippen molar-refractivity contribution in [3.63, 3.8) is 0 Å². The number of nitrogens with zero attached hydrogens (tertiary/aromatic N) is 2.